The van der Waals surface area contributed by atoms with Gasteiger partial charge in [0.05, 0.1) is 31.4 Å². The van der Waals surface area contributed by atoms with E-state index in [1.807, 2.05) is 28.7 Å². The van der Waals surface area contributed by atoms with Gasteiger partial charge >= 0.3 is 5.97 Å². The molecule has 6 nitrogen and oxygen atoms in total. The highest BCUT2D eigenvalue weighted by Crippen LogP contribution is 2.16. The summed E-state index contributed by atoms with van der Waals surface area (Å²) in [5, 5.41) is 6.76. The number of anilines is 1. The summed E-state index contributed by atoms with van der Waals surface area (Å²) in [6.45, 7) is 7.20. The fourth-order valence-corrected chi connectivity index (χ4v) is 3.82. The SMILES string of the molecule is C=C/C=c1/c(N2CCOCC2C(=O)OC)nn(-c2ccc(CI)cc2)/c1=C/C. The van der Waals surface area contributed by atoms with Crippen LogP contribution in [-0.2, 0) is 18.7 Å². The second-order valence-corrected chi connectivity index (χ2v) is 7.10. The Morgan fingerprint density at radius 1 is 1.43 bits per heavy atom. The smallest absolute Gasteiger partial charge is 0.330 e. The molecule has 28 heavy (non-hydrogen) atoms. The lowest BCUT2D eigenvalue weighted by Crippen LogP contribution is -2.52. The van der Waals surface area contributed by atoms with E-state index < -0.39 is 6.04 Å². The van der Waals surface area contributed by atoms with Crippen molar-refractivity contribution in [2.24, 2.45) is 0 Å². The summed E-state index contributed by atoms with van der Waals surface area (Å²) in [4.78, 5) is 14.3. The van der Waals surface area contributed by atoms with E-state index in [-0.39, 0.29) is 12.6 Å². The molecule has 1 atom stereocenters. The van der Waals surface area contributed by atoms with Crippen LogP contribution in [0.25, 0.3) is 17.8 Å². The number of hydrogen-bond donors (Lipinski definition) is 0. The molecule has 2 aromatic rings. The van der Waals surface area contributed by atoms with Gasteiger partial charge in [-0.3, -0.25) is 0 Å². The Morgan fingerprint density at radius 3 is 2.79 bits per heavy atom. The number of allylic oxidation sites excluding steroid dienone is 1. The highest BCUT2D eigenvalue weighted by atomic mass is 127. The molecule has 1 saturated heterocycles. The number of benzene rings is 1. The van der Waals surface area contributed by atoms with Crippen LogP contribution >= 0.6 is 22.6 Å². The molecule has 1 aromatic heterocycles. The zero-order valence-corrected chi connectivity index (χ0v) is 18.3. The molecule has 7 heteroatoms. The van der Waals surface area contributed by atoms with Gasteiger partial charge in [-0.15, -0.1) is 5.10 Å². The summed E-state index contributed by atoms with van der Waals surface area (Å²) in [5.74, 6) is 0.400. The Hall–Kier alpha value is -2.13. The van der Waals surface area contributed by atoms with Gasteiger partial charge < -0.3 is 14.4 Å². The molecule has 0 spiro atoms. The lowest BCUT2D eigenvalue weighted by atomic mass is 10.2. The monoisotopic (exact) mass is 493 g/mol. The lowest BCUT2D eigenvalue weighted by Gasteiger charge is -2.33. The molecule has 1 aliphatic heterocycles. The Balaban J connectivity index is 2.18. The van der Waals surface area contributed by atoms with Gasteiger partial charge in [-0.1, -0.05) is 53.5 Å². The van der Waals surface area contributed by atoms with Crippen LogP contribution in [0.2, 0.25) is 0 Å². The average molecular weight is 493 g/mol. The largest absolute Gasteiger partial charge is 0.467 e. The maximum atomic E-state index is 12.3. The molecule has 0 radical (unpaired) electrons. The summed E-state index contributed by atoms with van der Waals surface area (Å²) >= 11 is 2.35. The Labute approximate surface area is 178 Å². The number of hydrogen-bond acceptors (Lipinski definition) is 5. The van der Waals surface area contributed by atoms with Gasteiger partial charge in [0.1, 0.15) is 0 Å². The van der Waals surface area contributed by atoms with E-state index in [1.54, 1.807) is 6.08 Å². The summed E-state index contributed by atoms with van der Waals surface area (Å²) in [6.07, 6.45) is 5.69. The fourth-order valence-electron chi connectivity index (χ4n) is 3.31. The summed E-state index contributed by atoms with van der Waals surface area (Å²) in [5.41, 5.74) is 2.23. The molecular weight excluding hydrogens is 469 g/mol. The molecule has 2 heterocycles. The lowest BCUT2D eigenvalue weighted by molar-refractivity contribution is -0.144. The minimum absolute atomic E-state index is 0.280. The number of carbonyl (C=O) groups is 1. The predicted octanol–water partition coefficient (Wildman–Crippen LogP) is 1.95. The van der Waals surface area contributed by atoms with E-state index in [0.29, 0.717) is 13.2 Å². The number of alkyl halides is 1. The number of nitrogens with zero attached hydrogens (tertiary/aromatic N) is 3. The minimum Gasteiger partial charge on any atom is -0.467 e. The van der Waals surface area contributed by atoms with Gasteiger partial charge in [0.2, 0.25) is 0 Å². The average Bonchev–Trinajstić information content (AvgIpc) is 3.11. The van der Waals surface area contributed by atoms with Crippen molar-refractivity contribution in [2.75, 3.05) is 31.8 Å². The van der Waals surface area contributed by atoms with Crippen LogP contribution in [0.5, 0.6) is 0 Å². The van der Waals surface area contributed by atoms with Crippen LogP contribution in [0.15, 0.2) is 36.9 Å². The molecule has 0 amide bonds. The van der Waals surface area contributed by atoms with Crippen LogP contribution in [0.1, 0.15) is 12.5 Å². The first-order chi connectivity index (χ1) is 13.6. The Morgan fingerprint density at radius 2 is 2.18 bits per heavy atom. The van der Waals surface area contributed by atoms with Gasteiger partial charge in [-0.2, -0.15) is 0 Å². The van der Waals surface area contributed by atoms with Gasteiger partial charge in [0.25, 0.3) is 0 Å². The third-order valence-corrected chi connectivity index (χ3v) is 5.59. The van der Waals surface area contributed by atoms with Crippen LogP contribution in [0.4, 0.5) is 5.82 Å². The summed E-state index contributed by atoms with van der Waals surface area (Å²) in [7, 11) is 1.39. The number of rotatable bonds is 5. The van der Waals surface area contributed by atoms with Crippen LogP contribution < -0.4 is 15.5 Å². The number of ether oxygens (including phenoxy) is 2. The fraction of sp³-hybridized carbons (Fsp3) is 0.333. The highest BCUT2D eigenvalue weighted by Gasteiger charge is 2.32. The van der Waals surface area contributed by atoms with Crippen molar-refractivity contribution < 1.29 is 14.3 Å². The van der Waals surface area contributed by atoms with Crippen molar-refractivity contribution in [1.82, 2.24) is 9.78 Å². The Kier molecular flexibility index (Phi) is 6.90. The molecule has 3 rings (SSSR count). The van der Waals surface area contributed by atoms with Crippen molar-refractivity contribution in [3.8, 4) is 5.69 Å². The van der Waals surface area contributed by atoms with E-state index in [2.05, 4.69) is 53.4 Å². The van der Waals surface area contributed by atoms with E-state index in [4.69, 9.17) is 14.6 Å². The molecule has 1 aromatic carbocycles. The number of halogens is 1. The summed E-state index contributed by atoms with van der Waals surface area (Å²) < 4.78 is 13.4. The molecular formula is C21H24IN3O3. The molecule has 0 aliphatic carbocycles. The van der Waals surface area contributed by atoms with Crippen molar-refractivity contribution in [1.29, 1.82) is 0 Å². The van der Waals surface area contributed by atoms with Crippen molar-refractivity contribution in [3.05, 3.63) is 53.1 Å². The first-order valence-corrected chi connectivity index (χ1v) is 10.6. The second kappa shape index (κ2) is 9.38. The zero-order chi connectivity index (χ0) is 20.1. The normalized spacial score (nSPS) is 18.4. The third-order valence-electron chi connectivity index (χ3n) is 4.71. The number of esters is 1. The van der Waals surface area contributed by atoms with Crippen molar-refractivity contribution >= 4 is 46.5 Å². The van der Waals surface area contributed by atoms with E-state index >= 15 is 0 Å². The van der Waals surface area contributed by atoms with E-state index in [0.717, 1.165) is 26.5 Å². The summed E-state index contributed by atoms with van der Waals surface area (Å²) in [6, 6.07) is 7.81. The van der Waals surface area contributed by atoms with Gasteiger partial charge in [0.15, 0.2) is 11.9 Å². The maximum Gasteiger partial charge on any atom is 0.330 e. The first-order valence-electron chi connectivity index (χ1n) is 9.10. The maximum absolute atomic E-state index is 12.3. The number of aromatic nitrogens is 2. The minimum atomic E-state index is -0.523. The van der Waals surface area contributed by atoms with Crippen LogP contribution in [0.3, 0.4) is 0 Å². The first kappa shape index (κ1) is 20.6. The predicted molar refractivity (Wildman–Crippen MR) is 119 cm³/mol. The molecule has 0 saturated carbocycles. The standard InChI is InChI=1S/C21H24IN3O3/c1-4-6-17-18(5-2)25(16-9-7-15(13-22)8-10-16)23-20(17)24-11-12-28-14-19(24)21(26)27-3/h4-10,19H,1,11-14H2,2-3H3/b17-6+,18-5+. The van der Waals surface area contributed by atoms with Gasteiger partial charge in [0, 0.05) is 16.2 Å². The van der Waals surface area contributed by atoms with Crippen molar-refractivity contribution in [2.45, 2.75) is 17.4 Å². The van der Waals surface area contributed by atoms with Crippen LogP contribution in [0, 0.1) is 0 Å². The van der Waals surface area contributed by atoms with Crippen molar-refractivity contribution in [3.63, 3.8) is 0 Å². The topological polar surface area (TPSA) is 56.6 Å². The molecule has 0 bridgehead atoms. The van der Waals surface area contributed by atoms with E-state index in [9.17, 15) is 4.79 Å². The van der Waals surface area contributed by atoms with Gasteiger partial charge in [-0.25, -0.2) is 9.48 Å². The quantitative estimate of drug-likeness (QED) is 0.362. The van der Waals surface area contributed by atoms with Gasteiger partial charge in [-0.05, 0) is 30.7 Å². The Bertz CT molecular complexity index is 966. The van der Waals surface area contributed by atoms with Crippen LogP contribution in [-0.4, -0.2) is 48.7 Å². The number of carbonyl (C=O) groups excluding carboxylic acids is 1. The highest BCUT2D eigenvalue weighted by molar-refractivity contribution is 14.1. The van der Waals surface area contributed by atoms with E-state index in [1.165, 1.54) is 12.7 Å². The number of morpholine rings is 1. The third kappa shape index (κ3) is 4.00. The molecule has 148 valence electrons. The second-order valence-electron chi connectivity index (χ2n) is 6.33. The zero-order valence-electron chi connectivity index (χ0n) is 16.1. The number of methoxy groups -OCH3 is 1. The molecule has 0 N–H and O–H groups in total. The molecule has 1 fully saturated rings. The molecule has 1 unspecified atom stereocenters. The molecule has 1 aliphatic rings.